The molecule has 10 heteroatoms. The highest BCUT2D eigenvalue weighted by Gasteiger charge is 2.57. The van der Waals surface area contributed by atoms with E-state index in [1.165, 1.54) is 32.6 Å². The van der Waals surface area contributed by atoms with Crippen LogP contribution in [-0.4, -0.2) is 27.5 Å². The number of imide groups is 1. The number of fused-ring (bicyclic) bond motifs is 3. The van der Waals surface area contributed by atoms with Crippen LogP contribution in [0.4, 0.5) is 11.4 Å². The molecule has 2 aromatic heterocycles. The molecule has 198 valence electrons. The van der Waals surface area contributed by atoms with Gasteiger partial charge in [0.15, 0.2) is 0 Å². The fourth-order valence-corrected chi connectivity index (χ4v) is 9.19. The lowest BCUT2D eigenvalue weighted by atomic mass is 9.87. The molecule has 0 spiro atoms. The average molecular weight is 584 g/mol. The highest BCUT2D eigenvalue weighted by atomic mass is 32.2. The van der Waals surface area contributed by atoms with Crippen LogP contribution in [-0.2, 0) is 20.9 Å². The Morgan fingerprint density at radius 1 is 0.850 bits per heavy atom. The summed E-state index contributed by atoms with van der Waals surface area (Å²) in [6, 6.07) is 26.3. The summed E-state index contributed by atoms with van der Waals surface area (Å²) in [6.07, 6.45) is 0. The van der Waals surface area contributed by atoms with E-state index < -0.39 is 17.1 Å². The van der Waals surface area contributed by atoms with Crippen molar-refractivity contribution in [1.82, 2.24) is 4.57 Å². The first-order valence-corrected chi connectivity index (χ1v) is 15.2. The number of nitrogens with one attached hydrogen (secondary N) is 1. The number of thiazole rings is 1. The highest BCUT2D eigenvalue weighted by molar-refractivity contribution is 8.00. The normalized spacial score (nSPS) is 20.0. The summed E-state index contributed by atoms with van der Waals surface area (Å²) in [5, 5.41) is 6.78. The van der Waals surface area contributed by atoms with Crippen LogP contribution < -0.4 is 15.1 Å². The molecule has 0 aliphatic carbocycles. The van der Waals surface area contributed by atoms with Gasteiger partial charge in [0.25, 0.3) is 0 Å². The predicted molar refractivity (Wildman–Crippen MR) is 159 cm³/mol. The van der Waals surface area contributed by atoms with Gasteiger partial charge in [0.1, 0.15) is 11.8 Å². The van der Waals surface area contributed by atoms with E-state index in [1.54, 1.807) is 24.3 Å². The minimum Gasteiger partial charge on any atom is -0.325 e. The van der Waals surface area contributed by atoms with Gasteiger partial charge in [0.05, 0.1) is 16.6 Å². The van der Waals surface area contributed by atoms with Crippen molar-refractivity contribution in [2.45, 2.75) is 22.7 Å². The first kappa shape index (κ1) is 25.0. The number of carbonyl (C=O) groups excluding carboxylic acids is 3. The second-order valence-electron chi connectivity index (χ2n) is 9.64. The van der Waals surface area contributed by atoms with Crippen LogP contribution in [0.15, 0.2) is 100 Å². The molecular weight excluding hydrogens is 563 g/mol. The molecule has 1 fully saturated rings. The van der Waals surface area contributed by atoms with E-state index in [0.717, 1.165) is 31.9 Å². The zero-order chi connectivity index (χ0) is 27.4. The number of hydrogen-bond donors (Lipinski definition) is 1. The third kappa shape index (κ3) is 4.11. The number of nitrogens with zero attached hydrogens (tertiary/aromatic N) is 2. The number of para-hydroxylation sites is 1. The summed E-state index contributed by atoms with van der Waals surface area (Å²) < 4.78 is 1.45. The zero-order valence-corrected chi connectivity index (χ0v) is 23.3. The lowest BCUT2D eigenvalue weighted by molar-refractivity contribution is -0.122. The fraction of sp³-hybridized carbons (Fsp3) is 0.133. The molecular formula is C30H21N3O4S3. The minimum atomic E-state index is -0.698. The van der Waals surface area contributed by atoms with E-state index >= 15 is 0 Å². The first-order valence-electron chi connectivity index (χ1n) is 12.6. The quantitative estimate of drug-likeness (QED) is 0.274. The molecule has 1 N–H and O–H groups in total. The van der Waals surface area contributed by atoms with E-state index in [1.807, 2.05) is 66.0 Å². The largest absolute Gasteiger partial charge is 0.325 e. The minimum absolute atomic E-state index is 0.191. The second-order valence-corrected chi connectivity index (χ2v) is 12.7. The molecule has 2 aliphatic heterocycles. The smallest absolute Gasteiger partial charge is 0.308 e. The van der Waals surface area contributed by atoms with Crippen LogP contribution in [0.2, 0.25) is 0 Å². The average Bonchev–Trinajstić information content (AvgIpc) is 3.66. The lowest BCUT2D eigenvalue weighted by Gasteiger charge is -2.29. The van der Waals surface area contributed by atoms with Gasteiger partial charge in [0.2, 0.25) is 17.7 Å². The topological polar surface area (TPSA) is 88.5 Å². The van der Waals surface area contributed by atoms with E-state index in [0.29, 0.717) is 16.4 Å². The van der Waals surface area contributed by atoms with Crippen molar-refractivity contribution in [3.8, 4) is 0 Å². The molecule has 3 aromatic carbocycles. The summed E-state index contributed by atoms with van der Waals surface area (Å²) in [5.41, 5.74) is 1.17. The van der Waals surface area contributed by atoms with Crippen LogP contribution in [0.1, 0.15) is 15.7 Å². The van der Waals surface area contributed by atoms with Crippen LogP contribution in [0.25, 0.3) is 10.8 Å². The van der Waals surface area contributed by atoms with Gasteiger partial charge in [-0.15, -0.1) is 11.3 Å². The number of anilines is 2. The number of carbonyl (C=O) groups is 3. The molecule has 0 radical (unpaired) electrons. The van der Waals surface area contributed by atoms with E-state index in [4.69, 9.17) is 0 Å². The summed E-state index contributed by atoms with van der Waals surface area (Å²) in [7, 11) is 0. The Morgan fingerprint density at radius 3 is 2.40 bits per heavy atom. The maximum absolute atomic E-state index is 13.8. The molecule has 7 rings (SSSR count). The number of benzene rings is 3. The first-order chi connectivity index (χ1) is 19.5. The second kappa shape index (κ2) is 9.88. The Labute approximate surface area is 241 Å². The monoisotopic (exact) mass is 583 g/mol. The van der Waals surface area contributed by atoms with Crippen LogP contribution in [0.3, 0.4) is 0 Å². The Hall–Kier alpha value is -3.99. The third-order valence-electron chi connectivity index (χ3n) is 7.25. The van der Waals surface area contributed by atoms with Crippen molar-refractivity contribution in [2.24, 2.45) is 5.92 Å². The molecule has 0 bridgehead atoms. The molecule has 2 aliphatic rings. The number of aromatic nitrogens is 1. The van der Waals surface area contributed by atoms with Crippen molar-refractivity contribution in [3.05, 3.63) is 110 Å². The number of hydrogen-bond acceptors (Lipinski definition) is 7. The van der Waals surface area contributed by atoms with E-state index in [9.17, 15) is 19.2 Å². The van der Waals surface area contributed by atoms with Gasteiger partial charge in [0, 0.05) is 21.4 Å². The van der Waals surface area contributed by atoms with Gasteiger partial charge in [-0.2, -0.15) is 0 Å². The Kier molecular flexibility index (Phi) is 6.18. The third-order valence-corrected chi connectivity index (χ3v) is 10.8. The molecule has 4 heterocycles. The number of thioether (sulfide) groups is 1. The molecule has 0 saturated carbocycles. The van der Waals surface area contributed by atoms with E-state index in [2.05, 4.69) is 5.32 Å². The van der Waals surface area contributed by atoms with Gasteiger partial charge < -0.3 is 5.32 Å². The highest BCUT2D eigenvalue weighted by Crippen LogP contribution is 2.54. The number of rotatable bonds is 5. The summed E-state index contributed by atoms with van der Waals surface area (Å²) in [5.74, 6) is -1.98. The molecule has 1 saturated heterocycles. The molecule has 7 nitrogen and oxygen atoms in total. The summed E-state index contributed by atoms with van der Waals surface area (Å²) >= 11 is 3.77. The van der Waals surface area contributed by atoms with Gasteiger partial charge >= 0.3 is 4.87 Å². The van der Waals surface area contributed by atoms with Crippen molar-refractivity contribution in [2.75, 3.05) is 10.2 Å². The number of amides is 3. The predicted octanol–water partition coefficient (Wildman–Crippen LogP) is 5.56. The summed E-state index contributed by atoms with van der Waals surface area (Å²) in [6.45, 7) is -0.191. The molecule has 3 unspecified atom stereocenters. The molecule has 5 aromatic rings. The van der Waals surface area contributed by atoms with Gasteiger partial charge in [-0.1, -0.05) is 77.7 Å². The van der Waals surface area contributed by atoms with Crippen molar-refractivity contribution >= 4 is 74.3 Å². The number of thiophene rings is 1. The maximum atomic E-state index is 13.8. The lowest BCUT2D eigenvalue weighted by Crippen LogP contribution is -2.32. The molecule has 3 amide bonds. The maximum Gasteiger partial charge on any atom is 0.308 e. The van der Waals surface area contributed by atoms with E-state index in [-0.39, 0.29) is 29.1 Å². The van der Waals surface area contributed by atoms with Crippen LogP contribution in [0.5, 0.6) is 0 Å². The van der Waals surface area contributed by atoms with Crippen molar-refractivity contribution in [1.29, 1.82) is 0 Å². The van der Waals surface area contributed by atoms with Crippen LogP contribution in [0, 0.1) is 5.92 Å². The van der Waals surface area contributed by atoms with Crippen LogP contribution >= 0.6 is 34.4 Å². The van der Waals surface area contributed by atoms with Gasteiger partial charge in [-0.05, 0) is 46.5 Å². The summed E-state index contributed by atoms with van der Waals surface area (Å²) in [4.78, 5) is 56.5. The van der Waals surface area contributed by atoms with Crippen molar-refractivity contribution in [3.63, 3.8) is 0 Å². The zero-order valence-electron chi connectivity index (χ0n) is 20.9. The molecule has 3 atom stereocenters. The van der Waals surface area contributed by atoms with Crippen molar-refractivity contribution < 1.29 is 14.4 Å². The Bertz CT molecular complexity index is 1850. The Balaban J connectivity index is 1.24. The molecule has 40 heavy (non-hydrogen) atoms. The standard InChI is InChI=1S/C30H21N3O4S3/c34-22(31-19-13-12-17-7-4-5-8-18(17)15-19)16-32-29-26(40-30(32)37)23(21-11-6-14-38-21)24-25(39-29)28(36)33(27(24)35)20-9-2-1-3-10-20/h1-15,23-25H,16H2,(H,31,34). The SMILES string of the molecule is O=C(Cn1c2c(sc1=O)C(c1cccs1)C1C(=O)N(c3ccccc3)C(=O)C1S2)Nc1ccc2ccccc2c1. The Morgan fingerprint density at radius 2 is 1.62 bits per heavy atom. The fourth-order valence-electron chi connectivity index (χ4n) is 5.47. The van der Waals surface area contributed by atoms with Gasteiger partial charge in [-0.25, -0.2) is 4.90 Å². The van der Waals surface area contributed by atoms with Gasteiger partial charge in [-0.3, -0.25) is 23.7 Å².